The summed E-state index contributed by atoms with van der Waals surface area (Å²) in [7, 11) is 0. The first-order valence-corrected chi connectivity index (χ1v) is 6.59. The van der Waals surface area contributed by atoms with Gasteiger partial charge in [-0.1, -0.05) is 31.5 Å². The van der Waals surface area contributed by atoms with Crippen LogP contribution in [0.5, 0.6) is 0 Å². The van der Waals surface area contributed by atoms with Crippen LogP contribution in [0.3, 0.4) is 0 Å². The van der Waals surface area contributed by atoms with Crippen molar-refractivity contribution in [1.29, 1.82) is 0 Å². The molecule has 0 unspecified atom stereocenters. The second-order valence-electron chi connectivity index (χ2n) is 5.57. The lowest BCUT2D eigenvalue weighted by Gasteiger charge is -2.28. The maximum Gasteiger partial charge on any atom is 0.0702 e. The molecule has 94 valence electrons. The Morgan fingerprint density at radius 3 is 2.59 bits per heavy atom. The minimum atomic E-state index is 0.137. The molecule has 2 heteroatoms. The van der Waals surface area contributed by atoms with Crippen LogP contribution in [0.25, 0.3) is 0 Å². The maximum absolute atomic E-state index is 9.50. The van der Waals surface area contributed by atoms with E-state index in [0.29, 0.717) is 12.0 Å². The Morgan fingerprint density at radius 2 is 2.06 bits per heavy atom. The van der Waals surface area contributed by atoms with Crippen molar-refractivity contribution >= 4 is 5.69 Å². The molecular weight excluding hydrogens is 210 g/mol. The van der Waals surface area contributed by atoms with Gasteiger partial charge in [0.25, 0.3) is 0 Å². The standard InChI is InChI=1S/C15H23NO/c1-11(2)9-16(14-5-6-14)15-7-4-12(3)8-13(15)10-17/h4,7-8,11,14,17H,5-6,9-10H2,1-3H3. The lowest BCUT2D eigenvalue weighted by molar-refractivity contribution is 0.282. The summed E-state index contributed by atoms with van der Waals surface area (Å²) in [4.78, 5) is 2.48. The van der Waals surface area contributed by atoms with Crippen molar-refractivity contribution in [3.63, 3.8) is 0 Å². The van der Waals surface area contributed by atoms with Gasteiger partial charge in [0, 0.05) is 23.8 Å². The number of hydrogen-bond donors (Lipinski definition) is 1. The minimum Gasteiger partial charge on any atom is -0.392 e. The highest BCUT2D eigenvalue weighted by Crippen LogP contribution is 2.34. The van der Waals surface area contributed by atoms with Crippen LogP contribution in [-0.2, 0) is 6.61 Å². The molecule has 0 amide bonds. The first-order valence-electron chi connectivity index (χ1n) is 6.59. The number of aryl methyl sites for hydroxylation is 1. The predicted octanol–water partition coefficient (Wildman–Crippen LogP) is 3.11. The molecule has 0 bridgehead atoms. The zero-order chi connectivity index (χ0) is 12.4. The smallest absolute Gasteiger partial charge is 0.0702 e. The van der Waals surface area contributed by atoms with Crippen LogP contribution in [0.1, 0.15) is 37.8 Å². The Hall–Kier alpha value is -1.02. The highest BCUT2D eigenvalue weighted by molar-refractivity contribution is 5.56. The number of benzene rings is 1. The van der Waals surface area contributed by atoms with Gasteiger partial charge in [-0.3, -0.25) is 0 Å². The van der Waals surface area contributed by atoms with Gasteiger partial charge in [0.1, 0.15) is 0 Å². The molecule has 2 rings (SSSR count). The van der Waals surface area contributed by atoms with E-state index in [1.807, 2.05) is 0 Å². The van der Waals surface area contributed by atoms with E-state index >= 15 is 0 Å². The molecule has 1 aliphatic carbocycles. The summed E-state index contributed by atoms with van der Waals surface area (Å²) in [6.07, 6.45) is 2.59. The minimum absolute atomic E-state index is 0.137. The average molecular weight is 233 g/mol. The van der Waals surface area contributed by atoms with Crippen LogP contribution in [0, 0.1) is 12.8 Å². The van der Waals surface area contributed by atoms with Gasteiger partial charge in [0.2, 0.25) is 0 Å². The van der Waals surface area contributed by atoms with E-state index in [0.717, 1.165) is 12.1 Å². The van der Waals surface area contributed by atoms with Crippen molar-refractivity contribution in [2.75, 3.05) is 11.4 Å². The summed E-state index contributed by atoms with van der Waals surface area (Å²) in [5.74, 6) is 0.656. The molecule has 0 radical (unpaired) electrons. The number of hydrogen-bond acceptors (Lipinski definition) is 2. The molecule has 0 aromatic heterocycles. The highest BCUT2D eigenvalue weighted by Gasteiger charge is 2.30. The monoisotopic (exact) mass is 233 g/mol. The fourth-order valence-corrected chi connectivity index (χ4v) is 2.34. The van der Waals surface area contributed by atoms with Crippen molar-refractivity contribution in [2.24, 2.45) is 5.92 Å². The van der Waals surface area contributed by atoms with E-state index in [2.05, 4.69) is 43.9 Å². The Morgan fingerprint density at radius 1 is 1.35 bits per heavy atom. The Labute approximate surface area is 104 Å². The maximum atomic E-state index is 9.50. The van der Waals surface area contributed by atoms with Crippen LogP contribution < -0.4 is 4.90 Å². The predicted molar refractivity (Wildman–Crippen MR) is 72.3 cm³/mol. The number of anilines is 1. The zero-order valence-corrected chi connectivity index (χ0v) is 11.1. The van der Waals surface area contributed by atoms with Crippen molar-refractivity contribution in [3.05, 3.63) is 29.3 Å². The summed E-state index contributed by atoms with van der Waals surface area (Å²) in [5.41, 5.74) is 3.52. The van der Waals surface area contributed by atoms with Gasteiger partial charge in [-0.2, -0.15) is 0 Å². The molecule has 0 saturated heterocycles. The molecule has 1 saturated carbocycles. The molecule has 1 fully saturated rings. The van der Waals surface area contributed by atoms with E-state index in [-0.39, 0.29) is 6.61 Å². The van der Waals surface area contributed by atoms with Crippen molar-refractivity contribution in [1.82, 2.24) is 0 Å². The molecular formula is C15H23NO. The summed E-state index contributed by atoms with van der Waals surface area (Å²) in [6, 6.07) is 7.11. The van der Waals surface area contributed by atoms with E-state index in [1.165, 1.54) is 24.1 Å². The molecule has 1 N–H and O–H groups in total. The van der Waals surface area contributed by atoms with E-state index in [4.69, 9.17) is 0 Å². The highest BCUT2D eigenvalue weighted by atomic mass is 16.3. The molecule has 1 aliphatic rings. The largest absolute Gasteiger partial charge is 0.392 e. The zero-order valence-electron chi connectivity index (χ0n) is 11.1. The van der Waals surface area contributed by atoms with Gasteiger partial charge in [-0.25, -0.2) is 0 Å². The lowest BCUT2D eigenvalue weighted by Crippen LogP contribution is -2.30. The summed E-state index contributed by atoms with van der Waals surface area (Å²) < 4.78 is 0. The van der Waals surface area contributed by atoms with Gasteiger partial charge in [0.15, 0.2) is 0 Å². The average Bonchev–Trinajstić information content (AvgIpc) is 3.09. The fraction of sp³-hybridized carbons (Fsp3) is 0.600. The van der Waals surface area contributed by atoms with Crippen LogP contribution in [-0.4, -0.2) is 17.7 Å². The third-order valence-electron chi connectivity index (χ3n) is 3.26. The Bertz CT molecular complexity index is 383. The summed E-state index contributed by atoms with van der Waals surface area (Å²) in [6.45, 7) is 7.80. The second-order valence-corrected chi connectivity index (χ2v) is 5.57. The van der Waals surface area contributed by atoms with Crippen molar-refractivity contribution < 1.29 is 5.11 Å². The molecule has 17 heavy (non-hydrogen) atoms. The molecule has 0 heterocycles. The number of aliphatic hydroxyl groups excluding tert-OH is 1. The van der Waals surface area contributed by atoms with Gasteiger partial charge >= 0.3 is 0 Å². The second kappa shape index (κ2) is 5.09. The summed E-state index contributed by atoms with van der Waals surface area (Å²) in [5, 5.41) is 9.50. The topological polar surface area (TPSA) is 23.5 Å². The van der Waals surface area contributed by atoms with E-state index in [1.54, 1.807) is 0 Å². The van der Waals surface area contributed by atoms with Crippen molar-refractivity contribution in [3.8, 4) is 0 Å². The van der Waals surface area contributed by atoms with Gasteiger partial charge < -0.3 is 10.0 Å². The van der Waals surface area contributed by atoms with Crippen molar-refractivity contribution in [2.45, 2.75) is 46.3 Å². The molecule has 0 atom stereocenters. The number of aliphatic hydroxyl groups is 1. The first kappa shape index (κ1) is 12.4. The molecule has 0 aliphatic heterocycles. The normalized spacial score (nSPS) is 15.4. The van der Waals surface area contributed by atoms with E-state index in [9.17, 15) is 5.11 Å². The van der Waals surface area contributed by atoms with Gasteiger partial charge in [0.05, 0.1) is 6.61 Å². The first-order chi connectivity index (χ1) is 8.11. The van der Waals surface area contributed by atoms with Gasteiger partial charge in [-0.05, 0) is 31.7 Å². The van der Waals surface area contributed by atoms with E-state index < -0.39 is 0 Å². The molecule has 2 nitrogen and oxygen atoms in total. The molecule has 1 aromatic rings. The van der Waals surface area contributed by atoms with Crippen LogP contribution in [0.2, 0.25) is 0 Å². The third kappa shape index (κ3) is 3.01. The Kier molecular flexibility index (Phi) is 3.72. The summed E-state index contributed by atoms with van der Waals surface area (Å²) >= 11 is 0. The Balaban J connectivity index is 2.28. The lowest BCUT2D eigenvalue weighted by atomic mass is 10.1. The molecule has 1 aromatic carbocycles. The fourth-order valence-electron chi connectivity index (χ4n) is 2.34. The number of rotatable bonds is 5. The molecule has 0 spiro atoms. The van der Waals surface area contributed by atoms with Crippen LogP contribution in [0.15, 0.2) is 18.2 Å². The van der Waals surface area contributed by atoms with Gasteiger partial charge in [-0.15, -0.1) is 0 Å². The van der Waals surface area contributed by atoms with Crippen LogP contribution >= 0.6 is 0 Å². The SMILES string of the molecule is Cc1ccc(N(CC(C)C)C2CC2)c(CO)c1. The number of nitrogens with zero attached hydrogens (tertiary/aromatic N) is 1. The quantitative estimate of drug-likeness (QED) is 0.844. The third-order valence-corrected chi connectivity index (χ3v) is 3.26. The van der Waals surface area contributed by atoms with Crippen LogP contribution in [0.4, 0.5) is 5.69 Å².